The second-order valence-electron chi connectivity index (χ2n) is 7.28. The van der Waals surface area contributed by atoms with Crippen molar-refractivity contribution in [3.05, 3.63) is 70.5 Å². The van der Waals surface area contributed by atoms with Gasteiger partial charge in [0.25, 0.3) is 5.91 Å². The minimum absolute atomic E-state index is 0.0526. The first-order valence-electron chi connectivity index (χ1n) is 10.3. The van der Waals surface area contributed by atoms with E-state index in [4.69, 9.17) is 11.6 Å². The number of piperazine rings is 1. The molecule has 2 aromatic carbocycles. The average molecular weight is 432 g/mol. The molecule has 160 valence electrons. The van der Waals surface area contributed by atoms with Crippen LogP contribution in [0.3, 0.4) is 0 Å². The first kappa shape index (κ1) is 22.2. The second-order valence-corrected chi connectivity index (χ2v) is 7.68. The molecule has 0 bridgehead atoms. The minimum Gasteiger partial charge on any atom is -0.337 e. The van der Waals surface area contributed by atoms with Crippen LogP contribution >= 0.6 is 11.6 Å². The highest BCUT2D eigenvalue weighted by atomic mass is 35.5. The number of hydrogen-bond acceptors (Lipinski definition) is 3. The third kappa shape index (κ3) is 4.82. The molecule has 1 saturated heterocycles. The van der Waals surface area contributed by atoms with Crippen LogP contribution in [0.5, 0.6) is 0 Å². The maximum atomic E-state index is 13.4. The van der Waals surface area contributed by atoms with Crippen LogP contribution in [0, 0.1) is 5.82 Å². The number of likely N-dealkylation sites (N-methyl/N-ethyl adjacent to an activating group) is 1. The number of amides is 2. The van der Waals surface area contributed by atoms with Gasteiger partial charge in [0.05, 0.1) is 10.6 Å². The summed E-state index contributed by atoms with van der Waals surface area (Å²) in [5, 5.41) is 0.101. The van der Waals surface area contributed by atoms with Crippen LogP contribution in [0.4, 0.5) is 4.39 Å². The van der Waals surface area contributed by atoms with Crippen LogP contribution in [-0.2, 0) is 4.79 Å². The Morgan fingerprint density at radius 1 is 1.00 bits per heavy atom. The number of nitrogens with zero attached hydrogens (tertiary/aromatic N) is 3. The molecule has 2 amide bonds. The van der Waals surface area contributed by atoms with Crippen molar-refractivity contribution < 1.29 is 14.0 Å². The monoisotopic (exact) mass is 431 g/mol. The second kappa shape index (κ2) is 10.0. The van der Waals surface area contributed by atoms with E-state index in [1.54, 1.807) is 4.90 Å². The predicted octanol–water partition coefficient (Wildman–Crippen LogP) is 3.85. The van der Waals surface area contributed by atoms with Gasteiger partial charge in [-0.2, -0.15) is 0 Å². The maximum absolute atomic E-state index is 13.4. The van der Waals surface area contributed by atoms with Crippen LogP contribution in [0.25, 0.3) is 0 Å². The van der Waals surface area contributed by atoms with Crippen molar-refractivity contribution in [2.75, 3.05) is 39.3 Å². The van der Waals surface area contributed by atoms with Gasteiger partial charge in [-0.25, -0.2) is 4.39 Å². The lowest BCUT2D eigenvalue weighted by Crippen LogP contribution is -2.53. The molecule has 0 spiro atoms. The standard InChI is InChI=1S/C23H27ClFN3O2/c1-3-26(4-2)21(17-8-6-5-7-9-17)23(30)28-14-12-27(13-15-28)22(29)19-11-10-18(25)16-20(19)24/h5-11,16,21H,3-4,12-15H2,1-2H3. The highest BCUT2D eigenvalue weighted by Crippen LogP contribution is 2.25. The van der Waals surface area contributed by atoms with E-state index in [1.807, 2.05) is 35.2 Å². The third-order valence-corrected chi connectivity index (χ3v) is 5.88. The summed E-state index contributed by atoms with van der Waals surface area (Å²) in [7, 11) is 0. The summed E-state index contributed by atoms with van der Waals surface area (Å²) in [5.41, 5.74) is 1.26. The van der Waals surface area contributed by atoms with Gasteiger partial charge in [-0.3, -0.25) is 14.5 Å². The van der Waals surface area contributed by atoms with Gasteiger partial charge in [0.1, 0.15) is 11.9 Å². The van der Waals surface area contributed by atoms with E-state index in [-0.39, 0.29) is 28.4 Å². The summed E-state index contributed by atoms with van der Waals surface area (Å²) in [6.07, 6.45) is 0. The van der Waals surface area contributed by atoms with Gasteiger partial charge in [0.2, 0.25) is 5.91 Å². The molecule has 1 aliphatic heterocycles. The Bertz CT molecular complexity index is 881. The Labute approximate surface area is 182 Å². The van der Waals surface area contributed by atoms with E-state index >= 15 is 0 Å². The zero-order chi connectivity index (χ0) is 21.7. The number of rotatable bonds is 6. The van der Waals surface area contributed by atoms with Crippen molar-refractivity contribution in [1.82, 2.24) is 14.7 Å². The average Bonchev–Trinajstić information content (AvgIpc) is 2.77. The van der Waals surface area contributed by atoms with Crippen LogP contribution in [0.15, 0.2) is 48.5 Å². The normalized spacial score (nSPS) is 15.4. The number of carbonyl (C=O) groups is 2. The molecule has 1 aliphatic rings. The van der Waals surface area contributed by atoms with Gasteiger partial charge >= 0.3 is 0 Å². The molecule has 3 rings (SSSR count). The number of benzene rings is 2. The quantitative estimate of drug-likeness (QED) is 0.697. The highest BCUT2D eigenvalue weighted by molar-refractivity contribution is 6.33. The van der Waals surface area contributed by atoms with Crippen molar-refractivity contribution in [1.29, 1.82) is 0 Å². The number of hydrogen-bond donors (Lipinski definition) is 0. The molecule has 1 unspecified atom stereocenters. The van der Waals surface area contributed by atoms with Crippen molar-refractivity contribution in [3.63, 3.8) is 0 Å². The fourth-order valence-corrected chi connectivity index (χ4v) is 4.12. The van der Waals surface area contributed by atoms with Gasteiger partial charge in [-0.1, -0.05) is 55.8 Å². The zero-order valence-electron chi connectivity index (χ0n) is 17.4. The molecule has 1 atom stereocenters. The first-order valence-corrected chi connectivity index (χ1v) is 10.7. The molecule has 7 heteroatoms. The maximum Gasteiger partial charge on any atom is 0.255 e. The highest BCUT2D eigenvalue weighted by Gasteiger charge is 2.33. The molecule has 0 aromatic heterocycles. The van der Waals surface area contributed by atoms with Crippen molar-refractivity contribution in [2.24, 2.45) is 0 Å². The summed E-state index contributed by atoms with van der Waals surface area (Å²) in [6.45, 7) is 7.37. The van der Waals surface area contributed by atoms with Crippen LogP contribution in [0.2, 0.25) is 5.02 Å². The third-order valence-electron chi connectivity index (χ3n) is 5.57. The molecule has 1 fully saturated rings. The van der Waals surface area contributed by atoms with Crippen molar-refractivity contribution in [2.45, 2.75) is 19.9 Å². The molecule has 0 radical (unpaired) electrons. The Morgan fingerprint density at radius 3 is 2.17 bits per heavy atom. The fourth-order valence-electron chi connectivity index (χ4n) is 3.87. The molecule has 2 aromatic rings. The number of halogens is 2. The van der Waals surface area contributed by atoms with E-state index in [0.717, 1.165) is 24.7 Å². The lowest BCUT2D eigenvalue weighted by atomic mass is 10.0. The van der Waals surface area contributed by atoms with Gasteiger partial charge in [-0.05, 0) is 36.9 Å². The van der Waals surface area contributed by atoms with Gasteiger partial charge in [-0.15, -0.1) is 0 Å². The summed E-state index contributed by atoms with van der Waals surface area (Å²) < 4.78 is 13.3. The topological polar surface area (TPSA) is 43.9 Å². The van der Waals surface area contributed by atoms with Gasteiger partial charge in [0.15, 0.2) is 0 Å². The van der Waals surface area contributed by atoms with Gasteiger partial charge < -0.3 is 9.80 Å². The Kier molecular flexibility index (Phi) is 7.45. The summed E-state index contributed by atoms with van der Waals surface area (Å²) >= 11 is 6.04. The lowest BCUT2D eigenvalue weighted by molar-refractivity contribution is -0.138. The summed E-state index contributed by atoms with van der Waals surface area (Å²) in [6, 6.07) is 13.2. The predicted molar refractivity (Wildman–Crippen MR) is 116 cm³/mol. The molecular formula is C23H27ClFN3O2. The molecule has 0 N–H and O–H groups in total. The summed E-state index contributed by atoms with van der Waals surface area (Å²) in [5.74, 6) is -0.664. The zero-order valence-corrected chi connectivity index (χ0v) is 18.1. The lowest BCUT2D eigenvalue weighted by Gasteiger charge is -2.39. The smallest absolute Gasteiger partial charge is 0.255 e. The molecule has 1 heterocycles. The van der Waals surface area contributed by atoms with E-state index < -0.39 is 5.82 Å². The van der Waals surface area contributed by atoms with E-state index in [1.165, 1.54) is 12.1 Å². The Balaban J connectivity index is 1.71. The van der Waals surface area contributed by atoms with Crippen molar-refractivity contribution >= 4 is 23.4 Å². The molecule has 5 nitrogen and oxygen atoms in total. The first-order chi connectivity index (χ1) is 14.5. The van der Waals surface area contributed by atoms with Gasteiger partial charge in [0, 0.05) is 26.2 Å². The molecule has 0 aliphatic carbocycles. The van der Waals surface area contributed by atoms with Crippen LogP contribution in [-0.4, -0.2) is 65.8 Å². The van der Waals surface area contributed by atoms with E-state index in [2.05, 4.69) is 18.7 Å². The van der Waals surface area contributed by atoms with Crippen molar-refractivity contribution in [3.8, 4) is 0 Å². The Morgan fingerprint density at radius 2 is 1.60 bits per heavy atom. The molecular weight excluding hydrogens is 405 g/mol. The van der Waals surface area contributed by atoms with E-state index in [9.17, 15) is 14.0 Å². The largest absolute Gasteiger partial charge is 0.337 e. The van der Waals surface area contributed by atoms with Crippen LogP contribution < -0.4 is 0 Å². The number of carbonyl (C=O) groups excluding carboxylic acids is 2. The minimum atomic E-state index is -0.477. The Hall–Kier alpha value is -2.44. The van der Waals surface area contributed by atoms with Crippen LogP contribution in [0.1, 0.15) is 35.8 Å². The SMILES string of the molecule is CCN(CC)C(C(=O)N1CCN(C(=O)c2ccc(F)cc2Cl)CC1)c1ccccc1. The van der Waals surface area contributed by atoms with E-state index in [0.29, 0.717) is 26.2 Å². The molecule has 30 heavy (non-hydrogen) atoms. The molecule has 0 saturated carbocycles. The fraction of sp³-hybridized carbons (Fsp3) is 0.391. The summed E-state index contributed by atoms with van der Waals surface area (Å²) in [4.78, 5) is 31.8.